The maximum atomic E-state index is 13.9. The van der Waals surface area contributed by atoms with E-state index >= 15 is 0 Å². The number of aromatic nitrogens is 4. The first-order chi connectivity index (χ1) is 21.0. The second-order valence-corrected chi connectivity index (χ2v) is 10.1. The van der Waals surface area contributed by atoms with E-state index < -0.39 is 72.1 Å². The van der Waals surface area contributed by atoms with E-state index in [0.29, 0.717) is 12.1 Å². The maximum absolute atomic E-state index is 13.9. The molecule has 1 N–H and O–H groups in total. The Kier molecular flexibility index (Phi) is 9.56. The molecular formula is C27H27F9N6O3. The molecule has 2 unspecified atom stereocenters. The lowest BCUT2D eigenvalue weighted by atomic mass is 9.87. The van der Waals surface area contributed by atoms with Crippen molar-refractivity contribution in [1.29, 1.82) is 0 Å². The fourth-order valence-corrected chi connectivity index (χ4v) is 5.15. The first-order valence-corrected chi connectivity index (χ1v) is 13.6. The van der Waals surface area contributed by atoms with Crippen molar-refractivity contribution < 1.29 is 54.2 Å². The van der Waals surface area contributed by atoms with Crippen LogP contribution in [-0.4, -0.2) is 50.7 Å². The molecule has 0 radical (unpaired) electrons. The summed E-state index contributed by atoms with van der Waals surface area (Å²) in [6, 6.07) is 1.61. The summed E-state index contributed by atoms with van der Waals surface area (Å²) in [5, 5.41) is 21.0. The van der Waals surface area contributed by atoms with Gasteiger partial charge in [0, 0.05) is 12.6 Å². The summed E-state index contributed by atoms with van der Waals surface area (Å²) in [5.41, 5.74) is -4.91. The lowest BCUT2D eigenvalue weighted by molar-refractivity contribution is -0.143. The van der Waals surface area contributed by atoms with Gasteiger partial charge >= 0.3 is 24.6 Å². The number of tetrazole rings is 1. The van der Waals surface area contributed by atoms with Crippen LogP contribution in [0.4, 0.5) is 55.9 Å². The van der Waals surface area contributed by atoms with E-state index in [1.807, 2.05) is 0 Å². The zero-order valence-corrected chi connectivity index (χ0v) is 23.7. The number of hydrogen-bond acceptors (Lipinski definition) is 7. The number of nitrogens with zero attached hydrogens (tertiary/aromatic N) is 6. The van der Waals surface area contributed by atoms with Gasteiger partial charge in [0.25, 0.3) is 5.95 Å². The molecule has 0 saturated carbocycles. The summed E-state index contributed by atoms with van der Waals surface area (Å²) < 4.78 is 129. The van der Waals surface area contributed by atoms with Crippen LogP contribution in [0.15, 0.2) is 36.4 Å². The number of carbonyl (C=O) groups is 1. The standard InChI is InChI=1S/C27H27F9N6O3/c1-3-19-13-22(20-12-16(25(28,29)30)5-6-21(20)42(19)24(44)45-4-2)40(23-37-39-41(38-23)7-8-43)14-15-9-17(26(31,32)33)11-18(10-15)27(34,35)36/h5-6,9-12,19,22,43H,3-4,7-8,13-14H2,1-2H3. The molecule has 1 amide bonds. The quantitative estimate of drug-likeness (QED) is 0.273. The lowest BCUT2D eigenvalue weighted by Crippen LogP contribution is -2.48. The van der Waals surface area contributed by atoms with Gasteiger partial charge in [-0.05, 0) is 72.5 Å². The number of hydrogen-bond donors (Lipinski definition) is 1. The predicted molar refractivity (Wildman–Crippen MR) is 140 cm³/mol. The molecule has 1 aliphatic heterocycles. The number of halogens is 9. The minimum atomic E-state index is -5.16. The number of fused-ring (bicyclic) bond motifs is 1. The molecule has 0 fully saturated rings. The fraction of sp³-hybridized carbons (Fsp3) is 0.481. The van der Waals surface area contributed by atoms with Crippen molar-refractivity contribution in [2.24, 2.45) is 0 Å². The Bertz CT molecular complexity index is 1470. The highest BCUT2D eigenvalue weighted by atomic mass is 19.4. The number of ether oxygens (including phenoxy) is 1. The van der Waals surface area contributed by atoms with Crippen LogP contribution in [0.25, 0.3) is 0 Å². The molecule has 1 aromatic heterocycles. The molecule has 0 saturated heterocycles. The van der Waals surface area contributed by atoms with E-state index in [4.69, 9.17) is 4.74 Å². The summed E-state index contributed by atoms with van der Waals surface area (Å²) in [4.78, 5) is 16.2. The zero-order chi connectivity index (χ0) is 33.3. The highest BCUT2D eigenvalue weighted by Gasteiger charge is 2.43. The summed E-state index contributed by atoms with van der Waals surface area (Å²) in [6.45, 7) is 1.81. The number of amides is 1. The highest BCUT2D eigenvalue weighted by Crippen LogP contribution is 2.46. The van der Waals surface area contributed by atoms with Gasteiger partial charge in [-0.25, -0.2) is 4.79 Å². The first-order valence-electron chi connectivity index (χ1n) is 13.6. The number of aliphatic hydroxyl groups excluding tert-OH is 1. The lowest BCUT2D eigenvalue weighted by Gasteiger charge is -2.43. The van der Waals surface area contributed by atoms with Gasteiger partial charge in [-0.15, -0.1) is 5.10 Å². The van der Waals surface area contributed by atoms with E-state index in [1.165, 1.54) is 11.8 Å². The number of anilines is 2. The number of rotatable bonds is 8. The Morgan fingerprint density at radius 1 is 0.956 bits per heavy atom. The molecule has 0 bridgehead atoms. The van der Waals surface area contributed by atoms with Crippen LogP contribution >= 0.6 is 0 Å². The molecule has 18 heteroatoms. The van der Waals surface area contributed by atoms with Crippen LogP contribution < -0.4 is 9.80 Å². The average molecular weight is 655 g/mol. The van der Waals surface area contributed by atoms with E-state index in [-0.39, 0.29) is 49.3 Å². The van der Waals surface area contributed by atoms with Crippen LogP contribution in [0, 0.1) is 0 Å². The van der Waals surface area contributed by atoms with Gasteiger partial charge in [0.15, 0.2) is 0 Å². The summed E-state index contributed by atoms with van der Waals surface area (Å²) >= 11 is 0. The van der Waals surface area contributed by atoms with Crippen molar-refractivity contribution in [2.45, 2.75) is 70.4 Å². The molecule has 2 aromatic carbocycles. The van der Waals surface area contributed by atoms with Crippen LogP contribution in [-0.2, 0) is 36.4 Å². The molecule has 2 atom stereocenters. The Morgan fingerprint density at radius 3 is 2.11 bits per heavy atom. The van der Waals surface area contributed by atoms with Crippen molar-refractivity contribution >= 4 is 17.7 Å². The number of aliphatic hydroxyl groups is 1. The van der Waals surface area contributed by atoms with Gasteiger partial charge in [0.2, 0.25) is 0 Å². The largest absolute Gasteiger partial charge is 0.449 e. The smallest absolute Gasteiger partial charge is 0.416 e. The van der Waals surface area contributed by atoms with Gasteiger partial charge < -0.3 is 14.7 Å². The van der Waals surface area contributed by atoms with Gasteiger partial charge in [0.05, 0.1) is 48.2 Å². The average Bonchev–Trinajstić information content (AvgIpc) is 3.42. The molecule has 0 aliphatic carbocycles. The summed E-state index contributed by atoms with van der Waals surface area (Å²) in [7, 11) is 0. The highest BCUT2D eigenvalue weighted by molar-refractivity contribution is 5.90. The zero-order valence-electron chi connectivity index (χ0n) is 23.7. The van der Waals surface area contributed by atoms with Crippen molar-refractivity contribution in [3.05, 3.63) is 64.2 Å². The monoisotopic (exact) mass is 654 g/mol. The third-order valence-electron chi connectivity index (χ3n) is 7.15. The second kappa shape index (κ2) is 12.7. The first kappa shape index (κ1) is 33.8. The van der Waals surface area contributed by atoms with Crippen LogP contribution in [0.5, 0.6) is 0 Å². The molecule has 246 valence electrons. The van der Waals surface area contributed by atoms with E-state index in [9.17, 15) is 49.4 Å². The number of alkyl halides is 9. The maximum Gasteiger partial charge on any atom is 0.416 e. The predicted octanol–water partition coefficient (Wildman–Crippen LogP) is 6.61. The molecule has 4 rings (SSSR count). The van der Waals surface area contributed by atoms with Gasteiger partial charge in [-0.2, -0.15) is 44.3 Å². The normalized spacial score (nSPS) is 17.3. The van der Waals surface area contributed by atoms with Gasteiger partial charge in [-0.1, -0.05) is 12.0 Å². The summed E-state index contributed by atoms with van der Waals surface area (Å²) in [5.74, 6) is -0.345. The van der Waals surface area contributed by atoms with Crippen molar-refractivity contribution in [2.75, 3.05) is 23.0 Å². The minimum absolute atomic E-state index is 0.00248. The third-order valence-corrected chi connectivity index (χ3v) is 7.15. The molecule has 9 nitrogen and oxygen atoms in total. The fourth-order valence-electron chi connectivity index (χ4n) is 5.15. The van der Waals surface area contributed by atoms with Gasteiger partial charge in [-0.3, -0.25) is 4.90 Å². The SMILES string of the molecule is CCOC(=O)N1c2ccc(C(F)(F)F)cc2C(N(Cc2cc(C(F)(F)F)cc(C(F)(F)F)c2)c2nnn(CCO)n2)CC1CC. The van der Waals surface area contributed by atoms with Crippen LogP contribution in [0.2, 0.25) is 0 Å². The molecule has 45 heavy (non-hydrogen) atoms. The van der Waals surface area contributed by atoms with E-state index in [2.05, 4.69) is 15.4 Å². The molecular weight excluding hydrogens is 627 g/mol. The van der Waals surface area contributed by atoms with Crippen molar-refractivity contribution in [1.82, 2.24) is 20.2 Å². The van der Waals surface area contributed by atoms with Crippen LogP contribution in [0.1, 0.15) is 60.5 Å². The van der Waals surface area contributed by atoms with Gasteiger partial charge in [0.1, 0.15) is 0 Å². The third kappa shape index (κ3) is 7.42. The van der Waals surface area contributed by atoms with Crippen molar-refractivity contribution in [3.63, 3.8) is 0 Å². The van der Waals surface area contributed by atoms with Crippen LogP contribution in [0.3, 0.4) is 0 Å². The summed E-state index contributed by atoms with van der Waals surface area (Å²) in [6.07, 6.45) is -15.9. The minimum Gasteiger partial charge on any atom is -0.449 e. The second-order valence-electron chi connectivity index (χ2n) is 10.1. The Balaban J connectivity index is 1.95. The molecule has 3 aromatic rings. The Morgan fingerprint density at radius 2 is 1.58 bits per heavy atom. The Hall–Kier alpha value is -4.09. The van der Waals surface area contributed by atoms with E-state index in [0.717, 1.165) is 27.9 Å². The number of benzene rings is 2. The number of carbonyl (C=O) groups excluding carboxylic acids is 1. The molecule has 2 heterocycles. The molecule has 1 aliphatic rings. The van der Waals surface area contributed by atoms with E-state index in [1.54, 1.807) is 6.92 Å². The molecule has 0 spiro atoms. The Labute approximate surface area is 250 Å². The topological polar surface area (TPSA) is 96.6 Å². The van der Waals surface area contributed by atoms with Crippen molar-refractivity contribution in [3.8, 4) is 0 Å².